The van der Waals surface area contributed by atoms with Crippen LogP contribution in [0.15, 0.2) is 23.3 Å². The fourth-order valence-corrected chi connectivity index (χ4v) is 2.19. The van der Waals surface area contributed by atoms with E-state index in [1.54, 1.807) is 7.11 Å². The van der Waals surface area contributed by atoms with E-state index in [0.29, 0.717) is 12.1 Å². The lowest BCUT2D eigenvalue weighted by Gasteiger charge is -2.19. The molecule has 0 aliphatic carbocycles. The average Bonchev–Trinajstić information content (AvgIpc) is 2.47. The van der Waals surface area contributed by atoms with Crippen molar-refractivity contribution in [1.82, 2.24) is 10.7 Å². The number of nitrogens with one attached hydrogen (secondary N) is 2. The van der Waals surface area contributed by atoms with Crippen molar-refractivity contribution in [3.05, 3.63) is 29.3 Å². The number of carbonyl (C=O) groups excluding carboxylic acids is 2. The van der Waals surface area contributed by atoms with Crippen molar-refractivity contribution < 1.29 is 14.3 Å². The Balaban J connectivity index is 2.11. The van der Waals surface area contributed by atoms with Crippen molar-refractivity contribution in [2.24, 2.45) is 5.10 Å². The molecule has 21 heavy (non-hydrogen) atoms. The van der Waals surface area contributed by atoms with E-state index in [0.717, 1.165) is 16.9 Å². The number of hydrogen-bond acceptors (Lipinski definition) is 4. The van der Waals surface area contributed by atoms with Gasteiger partial charge in [-0.05, 0) is 19.9 Å². The van der Waals surface area contributed by atoms with Crippen molar-refractivity contribution in [1.29, 1.82) is 0 Å². The number of methoxy groups -OCH3 is 1. The van der Waals surface area contributed by atoms with Gasteiger partial charge in [0.15, 0.2) is 0 Å². The summed E-state index contributed by atoms with van der Waals surface area (Å²) in [6.45, 7) is 3.87. The maximum absolute atomic E-state index is 12.1. The molecule has 0 spiro atoms. The second-order valence-corrected chi connectivity index (χ2v) is 5.03. The maximum atomic E-state index is 12.1. The van der Waals surface area contributed by atoms with Crippen LogP contribution in [-0.2, 0) is 9.59 Å². The molecule has 0 fully saturated rings. The van der Waals surface area contributed by atoms with Gasteiger partial charge in [-0.15, -0.1) is 0 Å². The van der Waals surface area contributed by atoms with Crippen molar-refractivity contribution in [3.8, 4) is 5.75 Å². The molecule has 2 N–H and O–H groups in total. The minimum atomic E-state index is -0.272. The Labute approximate surface area is 123 Å². The van der Waals surface area contributed by atoms with Gasteiger partial charge in [0.25, 0.3) is 5.91 Å². The van der Waals surface area contributed by atoms with E-state index in [4.69, 9.17) is 4.74 Å². The summed E-state index contributed by atoms with van der Waals surface area (Å²) in [6.07, 6.45) is 0.643. The van der Waals surface area contributed by atoms with Gasteiger partial charge in [-0.3, -0.25) is 9.59 Å². The zero-order valence-electron chi connectivity index (χ0n) is 12.4. The number of carbonyl (C=O) groups is 2. The number of nitrogens with zero attached hydrogens (tertiary/aromatic N) is 1. The predicted octanol–water partition coefficient (Wildman–Crippen LogP) is 1.45. The van der Waals surface area contributed by atoms with E-state index < -0.39 is 0 Å². The first kappa shape index (κ1) is 15.0. The Morgan fingerprint density at radius 1 is 1.43 bits per heavy atom. The Morgan fingerprint density at radius 2 is 2.19 bits per heavy atom. The molecule has 1 aromatic carbocycles. The summed E-state index contributed by atoms with van der Waals surface area (Å²) in [6, 6.07) is 5.60. The predicted molar refractivity (Wildman–Crippen MR) is 79.1 cm³/mol. The van der Waals surface area contributed by atoms with Crippen LogP contribution in [-0.4, -0.2) is 24.6 Å². The minimum Gasteiger partial charge on any atom is -0.496 e. The van der Waals surface area contributed by atoms with Gasteiger partial charge in [-0.2, -0.15) is 5.10 Å². The summed E-state index contributed by atoms with van der Waals surface area (Å²) in [5.41, 5.74) is 4.66. The van der Waals surface area contributed by atoms with Gasteiger partial charge in [0.05, 0.1) is 13.2 Å². The van der Waals surface area contributed by atoms with Crippen LogP contribution < -0.4 is 15.5 Å². The first-order chi connectivity index (χ1) is 10.0. The number of benzene rings is 1. The molecule has 0 bridgehead atoms. The van der Waals surface area contributed by atoms with Gasteiger partial charge in [0.1, 0.15) is 11.5 Å². The second kappa shape index (κ2) is 6.39. The van der Waals surface area contributed by atoms with Gasteiger partial charge >= 0.3 is 0 Å². The van der Waals surface area contributed by atoms with Crippen LogP contribution in [0.25, 0.3) is 0 Å². The standard InChI is InChI=1S/C15H19N3O3/c1-9-4-6-13(21-3)11(8-9)10(2)16-15(20)12-5-7-14(19)18-17-12/h4,6,8,10H,5,7H2,1-3H3,(H,16,20)(H,18,19). The minimum absolute atomic E-state index is 0.167. The van der Waals surface area contributed by atoms with Crippen LogP contribution in [0.3, 0.4) is 0 Å². The monoisotopic (exact) mass is 289 g/mol. The molecule has 2 rings (SSSR count). The highest BCUT2D eigenvalue weighted by Gasteiger charge is 2.21. The normalized spacial score (nSPS) is 15.8. The summed E-state index contributed by atoms with van der Waals surface area (Å²) in [7, 11) is 1.60. The van der Waals surface area contributed by atoms with Gasteiger partial charge in [0.2, 0.25) is 5.91 Å². The quantitative estimate of drug-likeness (QED) is 0.880. The fourth-order valence-electron chi connectivity index (χ4n) is 2.19. The van der Waals surface area contributed by atoms with Crippen LogP contribution in [0, 0.1) is 6.92 Å². The van der Waals surface area contributed by atoms with E-state index in [9.17, 15) is 9.59 Å². The lowest BCUT2D eigenvalue weighted by molar-refractivity contribution is -0.121. The topological polar surface area (TPSA) is 79.8 Å². The Kier molecular flexibility index (Phi) is 4.57. The third-order valence-electron chi connectivity index (χ3n) is 3.37. The van der Waals surface area contributed by atoms with E-state index in [1.165, 1.54) is 0 Å². The van der Waals surface area contributed by atoms with Crippen LogP contribution in [0.4, 0.5) is 0 Å². The van der Waals surface area contributed by atoms with Crippen molar-refractivity contribution in [2.75, 3.05) is 7.11 Å². The number of hydrazone groups is 1. The highest BCUT2D eigenvalue weighted by Crippen LogP contribution is 2.26. The third-order valence-corrected chi connectivity index (χ3v) is 3.37. The lowest BCUT2D eigenvalue weighted by Crippen LogP contribution is -2.38. The lowest BCUT2D eigenvalue weighted by atomic mass is 10.0. The van der Waals surface area contributed by atoms with Crippen LogP contribution in [0.5, 0.6) is 5.75 Å². The highest BCUT2D eigenvalue weighted by molar-refractivity contribution is 6.39. The molecule has 0 saturated heterocycles. The first-order valence-corrected chi connectivity index (χ1v) is 6.82. The SMILES string of the molecule is COc1ccc(C)cc1C(C)NC(=O)C1=NNC(=O)CC1. The second-order valence-electron chi connectivity index (χ2n) is 5.03. The Hall–Kier alpha value is -2.37. The molecule has 1 atom stereocenters. The van der Waals surface area contributed by atoms with Crippen LogP contribution in [0.1, 0.15) is 36.9 Å². The third kappa shape index (κ3) is 3.59. The van der Waals surface area contributed by atoms with Gasteiger partial charge in [-0.25, -0.2) is 5.43 Å². The van der Waals surface area contributed by atoms with E-state index in [-0.39, 0.29) is 24.3 Å². The van der Waals surface area contributed by atoms with E-state index in [1.807, 2.05) is 32.0 Å². The Bertz CT molecular complexity index is 596. The molecule has 1 aliphatic rings. The van der Waals surface area contributed by atoms with Crippen molar-refractivity contribution in [2.45, 2.75) is 32.7 Å². The summed E-state index contributed by atoms with van der Waals surface area (Å²) >= 11 is 0. The number of amides is 2. The molecule has 0 radical (unpaired) electrons. The van der Waals surface area contributed by atoms with Gasteiger partial charge in [0, 0.05) is 18.4 Å². The van der Waals surface area contributed by atoms with Crippen LogP contribution in [0.2, 0.25) is 0 Å². The molecule has 1 aliphatic heterocycles. The molecule has 1 heterocycles. The smallest absolute Gasteiger partial charge is 0.267 e. The molecule has 1 unspecified atom stereocenters. The number of rotatable bonds is 4. The van der Waals surface area contributed by atoms with E-state index >= 15 is 0 Å². The molecular weight excluding hydrogens is 270 g/mol. The van der Waals surface area contributed by atoms with Crippen LogP contribution >= 0.6 is 0 Å². The number of ether oxygens (including phenoxy) is 1. The molecular formula is C15H19N3O3. The van der Waals surface area contributed by atoms with Crippen molar-refractivity contribution >= 4 is 17.5 Å². The molecule has 6 nitrogen and oxygen atoms in total. The fraction of sp³-hybridized carbons (Fsp3) is 0.400. The highest BCUT2D eigenvalue weighted by atomic mass is 16.5. The summed E-state index contributed by atoms with van der Waals surface area (Å²) in [5.74, 6) is 0.290. The zero-order chi connectivity index (χ0) is 15.4. The summed E-state index contributed by atoms with van der Waals surface area (Å²) < 4.78 is 5.32. The van der Waals surface area contributed by atoms with Gasteiger partial charge in [-0.1, -0.05) is 17.7 Å². The first-order valence-electron chi connectivity index (χ1n) is 6.82. The summed E-state index contributed by atoms with van der Waals surface area (Å²) in [5, 5.41) is 6.67. The zero-order valence-corrected chi connectivity index (χ0v) is 12.4. The largest absolute Gasteiger partial charge is 0.496 e. The molecule has 0 saturated carbocycles. The van der Waals surface area contributed by atoms with Crippen molar-refractivity contribution in [3.63, 3.8) is 0 Å². The van der Waals surface area contributed by atoms with E-state index in [2.05, 4.69) is 15.8 Å². The molecule has 1 aromatic rings. The maximum Gasteiger partial charge on any atom is 0.267 e. The summed E-state index contributed by atoms with van der Waals surface area (Å²) in [4.78, 5) is 23.2. The number of aryl methyl sites for hydroxylation is 1. The number of hydrogen-bond donors (Lipinski definition) is 2. The molecule has 112 valence electrons. The molecule has 6 heteroatoms. The molecule has 2 amide bonds. The molecule has 0 aromatic heterocycles. The average molecular weight is 289 g/mol. The van der Waals surface area contributed by atoms with Gasteiger partial charge < -0.3 is 10.1 Å². The Morgan fingerprint density at radius 3 is 2.81 bits per heavy atom.